The minimum Gasteiger partial charge on any atom is -0.536 e. The van der Waals surface area contributed by atoms with E-state index >= 15 is 0 Å². The van der Waals surface area contributed by atoms with Gasteiger partial charge >= 0.3 is 6.92 Å². The Kier molecular flexibility index (Phi) is 13.1. The van der Waals surface area contributed by atoms with Gasteiger partial charge in [-0.1, -0.05) is 143 Å². The number of aryl methyl sites for hydroxylation is 3. The Morgan fingerprint density at radius 3 is 1.91 bits per heavy atom. The SMILES string of the molecule is C/C=C(/OB(C1CCCCC1)C1CCCCC1)O[C@H](c1ccccc1)C(C)N(Cc1ccccc1)S(=O)Oc1c(C)cc(C)cc1C. The second kappa shape index (κ2) is 17.4. The predicted molar refractivity (Wildman–Crippen MR) is 195 cm³/mol. The third kappa shape index (κ3) is 9.54. The van der Waals surface area contributed by atoms with Crippen LogP contribution in [-0.4, -0.2) is 21.5 Å². The van der Waals surface area contributed by atoms with Gasteiger partial charge in [-0.05, 0) is 74.6 Å². The summed E-state index contributed by atoms with van der Waals surface area (Å²) in [6.07, 6.45) is 14.3. The molecule has 3 aromatic rings. The van der Waals surface area contributed by atoms with E-state index in [1.807, 2.05) is 67.6 Å². The van der Waals surface area contributed by atoms with Crippen LogP contribution in [0.25, 0.3) is 0 Å². The van der Waals surface area contributed by atoms with E-state index in [0.717, 1.165) is 27.8 Å². The lowest BCUT2D eigenvalue weighted by Crippen LogP contribution is -2.41. The Morgan fingerprint density at radius 2 is 1.38 bits per heavy atom. The molecule has 0 aromatic heterocycles. The van der Waals surface area contributed by atoms with Crippen LogP contribution in [0.2, 0.25) is 11.6 Å². The largest absolute Gasteiger partial charge is 0.536 e. The average molecular weight is 656 g/mol. The fraction of sp³-hybridized carbons (Fsp3) is 0.500. The normalized spacial score (nSPS) is 18.4. The molecule has 0 bridgehead atoms. The first kappa shape index (κ1) is 35.3. The van der Waals surface area contributed by atoms with Gasteiger partial charge in [0.2, 0.25) is 0 Å². The smallest absolute Gasteiger partial charge is 0.368 e. The van der Waals surface area contributed by atoms with Crippen molar-refractivity contribution >= 4 is 18.2 Å². The third-order valence-electron chi connectivity index (χ3n) is 10.1. The highest BCUT2D eigenvalue weighted by Gasteiger charge is 2.40. The number of allylic oxidation sites excluding steroid dienone is 1. The first-order valence-electron chi connectivity index (χ1n) is 17.9. The van der Waals surface area contributed by atoms with Gasteiger partial charge in [-0.2, -0.15) is 8.51 Å². The molecule has 2 unspecified atom stereocenters. The molecule has 2 saturated carbocycles. The van der Waals surface area contributed by atoms with Gasteiger partial charge in [0, 0.05) is 6.54 Å². The maximum Gasteiger partial charge on any atom is 0.368 e. The van der Waals surface area contributed by atoms with Crippen molar-refractivity contribution in [3.8, 4) is 5.75 Å². The zero-order valence-electron chi connectivity index (χ0n) is 29.2. The monoisotopic (exact) mass is 655 g/mol. The highest BCUT2D eigenvalue weighted by molar-refractivity contribution is 7.78. The van der Waals surface area contributed by atoms with Gasteiger partial charge in [-0.3, -0.25) is 0 Å². The first-order valence-corrected chi connectivity index (χ1v) is 18.9. The number of nitrogens with zero attached hydrogens (tertiary/aromatic N) is 1. The molecule has 3 atom stereocenters. The van der Waals surface area contributed by atoms with E-state index in [1.165, 1.54) is 64.2 Å². The summed E-state index contributed by atoms with van der Waals surface area (Å²) >= 11 is -1.80. The van der Waals surface area contributed by atoms with Crippen LogP contribution in [0.1, 0.15) is 112 Å². The van der Waals surface area contributed by atoms with E-state index in [0.29, 0.717) is 29.9 Å². The number of hydrogen-bond acceptors (Lipinski definition) is 4. The molecule has 0 amide bonds. The molecule has 0 saturated heterocycles. The summed E-state index contributed by atoms with van der Waals surface area (Å²) in [6, 6.07) is 24.3. The number of rotatable bonds is 14. The van der Waals surface area contributed by atoms with Gasteiger partial charge in [-0.15, -0.1) is 0 Å². The molecule has 252 valence electrons. The number of benzene rings is 3. The zero-order valence-corrected chi connectivity index (χ0v) is 30.0. The van der Waals surface area contributed by atoms with E-state index in [-0.39, 0.29) is 13.0 Å². The highest BCUT2D eigenvalue weighted by atomic mass is 32.2. The number of hydrogen-bond donors (Lipinski definition) is 0. The van der Waals surface area contributed by atoms with E-state index in [9.17, 15) is 4.21 Å². The van der Waals surface area contributed by atoms with Gasteiger partial charge < -0.3 is 13.6 Å². The van der Waals surface area contributed by atoms with Crippen LogP contribution in [0.3, 0.4) is 0 Å². The van der Waals surface area contributed by atoms with Crippen LogP contribution >= 0.6 is 0 Å². The lowest BCUT2D eigenvalue weighted by atomic mass is 9.42. The predicted octanol–water partition coefficient (Wildman–Crippen LogP) is 10.8. The standard InChI is InChI=1S/C40H54BNO4S/c1-6-38(45-41(36-23-15-9-16-24-36)37-25-17-10-18-26-37)44-40(35-21-13-8-14-22-35)33(5)42(29-34-19-11-7-12-20-34)47(43)46-39-31(3)27-30(2)28-32(39)4/h6-8,11-14,19-22,27-28,33,36-37,40H,9-10,15-18,23-26,29H2,1-5H3/b38-6+/t33?,40-,47?/m0/s1. The van der Waals surface area contributed by atoms with Crippen molar-refractivity contribution in [1.82, 2.24) is 4.31 Å². The Hall–Kier alpha value is -3.03. The van der Waals surface area contributed by atoms with Crippen molar-refractivity contribution in [2.75, 3.05) is 0 Å². The van der Waals surface area contributed by atoms with Crippen LogP contribution in [0.15, 0.2) is 84.8 Å². The molecule has 7 heteroatoms. The quantitative estimate of drug-likeness (QED) is 0.128. The summed E-state index contributed by atoms with van der Waals surface area (Å²) in [7, 11) is 0. The van der Waals surface area contributed by atoms with Crippen LogP contribution in [0.4, 0.5) is 0 Å². The molecule has 47 heavy (non-hydrogen) atoms. The molecular formula is C40H54BNO4S. The molecule has 0 N–H and O–H groups in total. The Balaban J connectivity index is 1.45. The van der Waals surface area contributed by atoms with Crippen LogP contribution in [0, 0.1) is 20.8 Å². The molecule has 3 aromatic carbocycles. The second-order valence-corrected chi connectivity index (χ2v) is 14.8. The fourth-order valence-corrected chi connectivity index (χ4v) is 8.82. The number of ether oxygens (including phenoxy) is 1. The molecule has 2 aliphatic carbocycles. The van der Waals surface area contributed by atoms with Crippen molar-refractivity contribution in [2.24, 2.45) is 0 Å². The summed E-state index contributed by atoms with van der Waals surface area (Å²) in [5.74, 6) is 2.36. The van der Waals surface area contributed by atoms with E-state index < -0.39 is 17.4 Å². The fourth-order valence-electron chi connectivity index (χ4n) is 7.68. The Bertz CT molecular complexity index is 1410. The molecule has 0 aliphatic heterocycles. The summed E-state index contributed by atoms with van der Waals surface area (Å²) < 4.78 is 36.5. The van der Waals surface area contributed by atoms with Crippen LogP contribution < -0.4 is 4.18 Å². The van der Waals surface area contributed by atoms with Gasteiger partial charge in [0.05, 0.1) is 6.04 Å². The minimum absolute atomic E-state index is 0.166. The lowest BCUT2D eigenvalue weighted by molar-refractivity contribution is 0.00121. The summed E-state index contributed by atoms with van der Waals surface area (Å²) in [6.45, 7) is 10.8. The van der Waals surface area contributed by atoms with Crippen molar-refractivity contribution in [3.05, 3.63) is 113 Å². The summed E-state index contributed by atoms with van der Waals surface area (Å²) in [4.78, 5) is 0. The maximum absolute atomic E-state index is 14.3. The topological polar surface area (TPSA) is 48.0 Å². The Morgan fingerprint density at radius 1 is 0.851 bits per heavy atom. The van der Waals surface area contributed by atoms with Gasteiger partial charge in [-0.25, -0.2) is 0 Å². The van der Waals surface area contributed by atoms with E-state index in [1.54, 1.807) is 0 Å². The third-order valence-corrected chi connectivity index (χ3v) is 11.3. The molecular weight excluding hydrogens is 601 g/mol. The van der Waals surface area contributed by atoms with Crippen molar-refractivity contribution in [1.29, 1.82) is 0 Å². The molecule has 0 spiro atoms. The van der Waals surface area contributed by atoms with Gasteiger partial charge in [0.1, 0.15) is 11.9 Å². The van der Waals surface area contributed by atoms with Crippen molar-refractivity contribution in [3.63, 3.8) is 0 Å². The van der Waals surface area contributed by atoms with Gasteiger partial charge in [0.25, 0.3) is 17.2 Å². The maximum atomic E-state index is 14.3. The van der Waals surface area contributed by atoms with E-state index in [4.69, 9.17) is 13.6 Å². The molecule has 2 fully saturated rings. The molecule has 2 aliphatic rings. The average Bonchev–Trinajstić information content (AvgIpc) is 3.10. The first-order chi connectivity index (χ1) is 22.8. The molecule has 5 rings (SSSR count). The minimum atomic E-state index is -1.80. The van der Waals surface area contributed by atoms with Crippen molar-refractivity contribution < 1.29 is 17.8 Å². The molecule has 0 heterocycles. The lowest BCUT2D eigenvalue weighted by Gasteiger charge is -2.37. The summed E-state index contributed by atoms with van der Waals surface area (Å²) in [5, 5.41) is 0. The second-order valence-electron chi connectivity index (χ2n) is 13.8. The zero-order chi connectivity index (χ0) is 33.2. The summed E-state index contributed by atoms with van der Waals surface area (Å²) in [5.41, 5.74) is 5.16. The molecule has 0 radical (unpaired) electrons. The van der Waals surface area contributed by atoms with Crippen molar-refractivity contribution in [2.45, 2.75) is 129 Å². The van der Waals surface area contributed by atoms with E-state index in [2.05, 4.69) is 50.2 Å². The highest BCUT2D eigenvalue weighted by Crippen LogP contribution is 2.43. The van der Waals surface area contributed by atoms with Gasteiger partial charge in [0.15, 0.2) is 0 Å². The van der Waals surface area contributed by atoms with Crippen LogP contribution in [-0.2, 0) is 27.2 Å². The Labute approximate surface area is 287 Å². The van der Waals surface area contributed by atoms with Crippen LogP contribution in [0.5, 0.6) is 5.75 Å². The molecule has 5 nitrogen and oxygen atoms in total.